The molecular weight excluding hydrogens is 809 g/mol. The maximum absolute atomic E-state index is 13.1. The van der Waals surface area contributed by atoms with Crippen molar-refractivity contribution >= 4 is 44.0 Å². The number of carbonyl (C=O) groups excluding carboxylic acids is 4. The fourth-order valence-corrected chi connectivity index (χ4v) is 11.4. The highest BCUT2D eigenvalue weighted by Gasteiger charge is 2.64. The van der Waals surface area contributed by atoms with Gasteiger partial charge in [0.15, 0.2) is 0 Å². The first-order chi connectivity index (χ1) is 27.9. The highest BCUT2D eigenvalue weighted by atomic mass is 32.2. The molecule has 0 radical (unpaired) electrons. The van der Waals surface area contributed by atoms with E-state index in [0.29, 0.717) is 51.4 Å². The summed E-state index contributed by atoms with van der Waals surface area (Å²) in [4.78, 5) is 50.6. The van der Waals surface area contributed by atoms with Crippen LogP contribution in [0.25, 0.3) is 0 Å². The van der Waals surface area contributed by atoms with Crippen LogP contribution in [0.5, 0.6) is 0 Å². The minimum atomic E-state index is -3.83. The number of unbranched alkanes of at least 4 members (excludes halogenated alkanes) is 5. The molecule has 14 nitrogen and oxygen atoms in total. The Bertz CT molecular complexity index is 1840. The zero-order chi connectivity index (χ0) is 44.7. The second-order valence-electron chi connectivity index (χ2n) is 19.6. The van der Waals surface area contributed by atoms with Crippen LogP contribution < -0.4 is 20.1 Å². The number of fused-ring (bicyclic) bond motifs is 1. The van der Waals surface area contributed by atoms with Gasteiger partial charge in [0.05, 0.1) is 9.49 Å². The van der Waals surface area contributed by atoms with Gasteiger partial charge in [0, 0.05) is 11.8 Å². The SMILES string of the molecule is C=CCCCCCCCC1(S(=O)(=O)NC(=O)[C@@]2(NC(=O)OC(C)(C)C)C[C@H]2C=C)CC1.CC(C)(C)OC(=O)N[C@]12C[C@H]1/C=C/CCCCCCCC1(CC1)S(=O)(=O)NC2=O. The molecule has 60 heavy (non-hydrogen) atoms. The zero-order valence-corrected chi connectivity index (χ0v) is 38.6. The molecule has 4 fully saturated rings. The Morgan fingerprint density at radius 3 is 1.98 bits per heavy atom. The molecule has 1 aliphatic heterocycles. The minimum absolute atomic E-state index is 0.231. The Morgan fingerprint density at radius 2 is 1.42 bits per heavy atom. The lowest BCUT2D eigenvalue weighted by atomic mass is 10.1. The highest BCUT2D eigenvalue weighted by Crippen LogP contribution is 2.51. The van der Waals surface area contributed by atoms with Gasteiger partial charge in [-0.15, -0.1) is 13.2 Å². The number of carbonyl (C=O) groups is 4. The van der Waals surface area contributed by atoms with Gasteiger partial charge < -0.3 is 20.1 Å². The Morgan fingerprint density at radius 1 is 0.833 bits per heavy atom. The summed E-state index contributed by atoms with van der Waals surface area (Å²) in [7, 11) is -7.62. The average molecular weight is 881 g/mol. The average Bonchev–Trinajstić information content (AvgIpc) is 3.94. The van der Waals surface area contributed by atoms with Crippen molar-refractivity contribution in [3.8, 4) is 0 Å². The molecule has 0 aromatic heterocycles. The van der Waals surface area contributed by atoms with Crippen molar-refractivity contribution in [2.75, 3.05) is 0 Å². The lowest BCUT2D eigenvalue weighted by molar-refractivity contribution is -0.123. The summed E-state index contributed by atoms with van der Waals surface area (Å²) >= 11 is 0. The first-order valence-corrected chi connectivity index (χ1v) is 24.9. The van der Waals surface area contributed by atoms with Crippen LogP contribution in [0.1, 0.15) is 170 Å². The molecule has 340 valence electrons. The highest BCUT2D eigenvalue weighted by molar-refractivity contribution is 7.92. The molecule has 0 saturated heterocycles. The van der Waals surface area contributed by atoms with Crippen LogP contribution in [-0.2, 0) is 39.1 Å². The summed E-state index contributed by atoms with van der Waals surface area (Å²) in [6, 6.07) is 0. The second kappa shape index (κ2) is 19.3. The number of hydrogen-bond donors (Lipinski definition) is 4. The molecule has 4 saturated carbocycles. The van der Waals surface area contributed by atoms with Gasteiger partial charge in [-0.05, 0) is 119 Å². The van der Waals surface area contributed by atoms with Crippen molar-refractivity contribution in [2.45, 2.75) is 202 Å². The number of alkyl carbamates (subject to hydrolysis) is 2. The predicted molar refractivity (Wildman–Crippen MR) is 233 cm³/mol. The van der Waals surface area contributed by atoms with Crippen LogP contribution in [0.2, 0.25) is 0 Å². The molecule has 0 aromatic carbocycles. The van der Waals surface area contributed by atoms with Crippen LogP contribution in [0, 0.1) is 11.8 Å². The fourth-order valence-electron chi connectivity index (χ4n) is 7.98. The van der Waals surface area contributed by atoms with Crippen molar-refractivity contribution in [3.63, 3.8) is 0 Å². The Kier molecular flexibility index (Phi) is 15.9. The number of amides is 4. The number of hydrogen-bond acceptors (Lipinski definition) is 10. The molecule has 4 N–H and O–H groups in total. The lowest BCUT2D eigenvalue weighted by Crippen LogP contribution is -2.54. The summed E-state index contributed by atoms with van der Waals surface area (Å²) in [5.74, 6) is -1.93. The largest absolute Gasteiger partial charge is 0.444 e. The van der Waals surface area contributed by atoms with E-state index in [1.807, 2.05) is 18.2 Å². The number of allylic oxidation sites excluding steroid dienone is 2. The molecule has 0 bridgehead atoms. The van der Waals surface area contributed by atoms with E-state index in [2.05, 4.69) is 33.2 Å². The van der Waals surface area contributed by atoms with Crippen LogP contribution in [-0.4, -0.2) is 72.6 Å². The molecule has 1 spiro atoms. The van der Waals surface area contributed by atoms with Crippen molar-refractivity contribution in [1.82, 2.24) is 20.1 Å². The van der Waals surface area contributed by atoms with E-state index in [9.17, 15) is 36.0 Å². The third-order valence-electron chi connectivity index (χ3n) is 12.2. The number of rotatable bonds is 14. The molecule has 4 aliphatic carbocycles. The van der Waals surface area contributed by atoms with Gasteiger partial charge in [-0.1, -0.05) is 75.7 Å². The molecule has 5 rings (SSSR count). The maximum Gasteiger partial charge on any atom is 0.408 e. The van der Waals surface area contributed by atoms with Gasteiger partial charge in [-0.25, -0.2) is 26.4 Å². The fraction of sp³-hybridized carbons (Fsp3) is 0.773. The van der Waals surface area contributed by atoms with Crippen molar-refractivity contribution in [3.05, 3.63) is 37.5 Å². The summed E-state index contributed by atoms with van der Waals surface area (Å²) in [5.41, 5.74) is -4.02. The summed E-state index contributed by atoms with van der Waals surface area (Å²) in [5, 5.41) is 5.24. The van der Waals surface area contributed by atoms with Gasteiger partial charge in [0.25, 0.3) is 11.8 Å². The van der Waals surface area contributed by atoms with Crippen molar-refractivity contribution in [1.29, 1.82) is 0 Å². The summed E-state index contributed by atoms with van der Waals surface area (Å²) in [6.45, 7) is 17.8. The number of ether oxygens (including phenoxy) is 2. The van der Waals surface area contributed by atoms with E-state index in [4.69, 9.17) is 9.47 Å². The molecule has 0 aromatic rings. The van der Waals surface area contributed by atoms with Crippen LogP contribution in [0.4, 0.5) is 9.59 Å². The zero-order valence-electron chi connectivity index (χ0n) is 36.9. The topological polar surface area (TPSA) is 203 Å². The Hall–Kier alpha value is -3.40. The Balaban J connectivity index is 0.000000265. The summed E-state index contributed by atoms with van der Waals surface area (Å²) in [6.07, 6.45) is 22.3. The van der Waals surface area contributed by atoms with E-state index in [1.165, 1.54) is 0 Å². The van der Waals surface area contributed by atoms with Crippen molar-refractivity contribution in [2.24, 2.45) is 11.8 Å². The summed E-state index contributed by atoms with van der Waals surface area (Å²) < 4.78 is 65.4. The molecule has 4 amide bonds. The van der Waals surface area contributed by atoms with Gasteiger partial charge in [-0.3, -0.25) is 19.0 Å². The molecule has 16 heteroatoms. The predicted octanol–water partition coefficient (Wildman–Crippen LogP) is 7.90. The van der Waals surface area contributed by atoms with E-state index < -0.39 is 75.8 Å². The second-order valence-corrected chi connectivity index (χ2v) is 23.8. The van der Waals surface area contributed by atoms with Gasteiger partial charge >= 0.3 is 12.2 Å². The van der Waals surface area contributed by atoms with Crippen LogP contribution in [0.3, 0.4) is 0 Å². The maximum atomic E-state index is 13.1. The van der Waals surface area contributed by atoms with E-state index >= 15 is 0 Å². The third-order valence-corrected chi connectivity index (χ3v) is 16.6. The smallest absolute Gasteiger partial charge is 0.408 e. The molecule has 0 unspecified atom stereocenters. The van der Waals surface area contributed by atoms with E-state index in [1.54, 1.807) is 47.6 Å². The minimum Gasteiger partial charge on any atom is -0.444 e. The molecule has 5 aliphatic rings. The normalized spacial score (nSPS) is 28.2. The van der Waals surface area contributed by atoms with E-state index in [0.717, 1.165) is 77.0 Å². The van der Waals surface area contributed by atoms with Gasteiger partial charge in [0.2, 0.25) is 20.0 Å². The number of nitrogens with one attached hydrogen (secondary N) is 4. The number of sulfonamides is 2. The lowest BCUT2D eigenvalue weighted by Gasteiger charge is -2.24. The molecular formula is C44H72N4O10S2. The van der Waals surface area contributed by atoms with Gasteiger partial charge in [0.1, 0.15) is 22.3 Å². The molecule has 1 heterocycles. The van der Waals surface area contributed by atoms with Crippen LogP contribution >= 0.6 is 0 Å². The first-order valence-electron chi connectivity index (χ1n) is 22.0. The standard InChI is InChI=1S/C23H38N2O5S.C21H34N2O5S/c1-6-8-9-10-11-12-13-14-22(15-16-22)31(28,29)25-19(26)23(17-18(23)7-2)24-20(27)30-21(3,4)5;1-19(2,3)28-18(25)22-21-15-16(21)11-9-7-5-4-6-8-10-12-20(13-14-20)29(26,27)23-17(21)24/h6-7,18H,1-2,8-17H2,3-5H3,(H,24,27)(H,25,26);9,11,16H,4-8,10,12-15H2,1-3H3,(H,22,25)(H,23,24)/b;11-9+/t18-,23-;16-,21-/m11/s1. The quantitative estimate of drug-likeness (QED) is 0.0981. The van der Waals surface area contributed by atoms with Crippen LogP contribution in [0.15, 0.2) is 37.5 Å². The van der Waals surface area contributed by atoms with Crippen molar-refractivity contribution < 1.29 is 45.5 Å². The first kappa shape index (κ1) is 49.3. The Labute approximate surface area is 359 Å². The third kappa shape index (κ3) is 13.1. The molecule has 4 atom stereocenters. The van der Waals surface area contributed by atoms with E-state index in [-0.39, 0.29) is 11.8 Å². The van der Waals surface area contributed by atoms with Gasteiger partial charge in [-0.2, -0.15) is 0 Å². The monoisotopic (exact) mass is 880 g/mol.